The lowest BCUT2D eigenvalue weighted by Gasteiger charge is -2.42. The van der Waals surface area contributed by atoms with Crippen molar-refractivity contribution in [2.24, 2.45) is 5.73 Å². The van der Waals surface area contributed by atoms with E-state index < -0.39 is 8.07 Å². The number of rotatable bonds is 8. The van der Waals surface area contributed by atoms with Gasteiger partial charge in [-0.05, 0) is 5.04 Å². The van der Waals surface area contributed by atoms with Crippen LogP contribution >= 0.6 is 0 Å². The van der Waals surface area contributed by atoms with Crippen LogP contribution in [0.15, 0.2) is 0 Å². The molecule has 0 bridgehead atoms. The van der Waals surface area contributed by atoms with Gasteiger partial charge >= 0.3 is 0 Å². The van der Waals surface area contributed by atoms with Crippen molar-refractivity contribution in [2.45, 2.75) is 44.6 Å². The Hall–Kier alpha value is 0.0569. The van der Waals surface area contributed by atoms with Crippen molar-refractivity contribution in [3.63, 3.8) is 0 Å². The summed E-state index contributed by atoms with van der Waals surface area (Å²) in [5.74, 6) is 0. The molecule has 5 heteroatoms. The van der Waals surface area contributed by atoms with Gasteiger partial charge in [-0.1, -0.05) is 33.9 Å². The molecule has 0 fully saturated rings. The summed E-state index contributed by atoms with van der Waals surface area (Å²) in [6.07, 6.45) is 0. The Morgan fingerprint density at radius 3 is 2.18 bits per heavy atom. The van der Waals surface area contributed by atoms with E-state index >= 15 is 0 Å². The number of aliphatic hydroxyl groups excluding tert-OH is 1. The highest BCUT2D eigenvalue weighted by Gasteiger charge is 2.42. The molecular formula is C12H29NO3Si. The van der Waals surface area contributed by atoms with E-state index in [9.17, 15) is 0 Å². The topological polar surface area (TPSA) is 64.7 Å². The smallest absolute Gasteiger partial charge is 0.0885 e. The Labute approximate surface area is 106 Å². The van der Waals surface area contributed by atoms with Gasteiger partial charge in [-0.3, -0.25) is 0 Å². The molecular weight excluding hydrogens is 234 g/mol. The predicted molar refractivity (Wildman–Crippen MR) is 73.9 cm³/mol. The lowest BCUT2D eigenvalue weighted by Crippen LogP contribution is -2.54. The molecule has 0 amide bonds. The van der Waals surface area contributed by atoms with Crippen LogP contribution in [0.2, 0.25) is 18.1 Å². The van der Waals surface area contributed by atoms with Crippen LogP contribution in [0.25, 0.3) is 0 Å². The highest BCUT2D eigenvalue weighted by molar-refractivity contribution is 6.81. The lowest BCUT2D eigenvalue weighted by atomic mass is 10.2. The van der Waals surface area contributed by atoms with Crippen LogP contribution in [0.5, 0.6) is 0 Å². The summed E-state index contributed by atoms with van der Waals surface area (Å²) >= 11 is 0. The standard InChI is InChI=1S/C12H29NO3Si/c1-12(2,3)17(4,5)11(10-13)16-9-8-15-7-6-14/h11,14H,6-10,13H2,1-5H3. The summed E-state index contributed by atoms with van der Waals surface area (Å²) in [6.45, 7) is 13.5. The molecule has 0 aliphatic heterocycles. The summed E-state index contributed by atoms with van der Waals surface area (Å²) < 4.78 is 11.0. The highest BCUT2D eigenvalue weighted by atomic mass is 28.3. The van der Waals surface area contributed by atoms with Crippen molar-refractivity contribution >= 4 is 8.07 Å². The van der Waals surface area contributed by atoms with Gasteiger partial charge < -0.3 is 20.3 Å². The van der Waals surface area contributed by atoms with Crippen LogP contribution in [0.3, 0.4) is 0 Å². The van der Waals surface area contributed by atoms with Crippen LogP contribution in [-0.2, 0) is 9.47 Å². The molecule has 104 valence electrons. The maximum absolute atomic E-state index is 8.58. The number of aliphatic hydroxyl groups is 1. The second kappa shape index (κ2) is 7.48. The molecule has 0 aliphatic carbocycles. The van der Waals surface area contributed by atoms with E-state index in [-0.39, 0.29) is 17.4 Å². The van der Waals surface area contributed by atoms with Crippen molar-refractivity contribution in [1.29, 1.82) is 0 Å². The van der Waals surface area contributed by atoms with Gasteiger partial charge in [0.1, 0.15) is 0 Å². The number of ether oxygens (including phenoxy) is 2. The largest absolute Gasteiger partial charge is 0.394 e. The van der Waals surface area contributed by atoms with E-state index in [0.29, 0.717) is 26.4 Å². The fourth-order valence-corrected chi connectivity index (χ4v) is 3.56. The first-order valence-corrected chi connectivity index (χ1v) is 9.35. The normalized spacial score (nSPS) is 15.0. The van der Waals surface area contributed by atoms with E-state index in [4.69, 9.17) is 20.3 Å². The Morgan fingerprint density at radius 1 is 1.18 bits per heavy atom. The van der Waals surface area contributed by atoms with Crippen LogP contribution < -0.4 is 5.73 Å². The van der Waals surface area contributed by atoms with Crippen LogP contribution in [0.4, 0.5) is 0 Å². The second-order valence-corrected chi connectivity index (χ2v) is 11.5. The van der Waals surface area contributed by atoms with Crippen LogP contribution in [0.1, 0.15) is 20.8 Å². The summed E-state index contributed by atoms with van der Waals surface area (Å²) in [5, 5.41) is 8.84. The van der Waals surface area contributed by atoms with Gasteiger partial charge in [-0.2, -0.15) is 0 Å². The van der Waals surface area contributed by atoms with Crippen LogP contribution in [0, 0.1) is 0 Å². The quantitative estimate of drug-likeness (QED) is 0.513. The zero-order valence-electron chi connectivity index (χ0n) is 12.0. The lowest BCUT2D eigenvalue weighted by molar-refractivity contribution is 0.0210. The number of nitrogens with two attached hydrogens (primary N) is 1. The van der Waals surface area contributed by atoms with Crippen molar-refractivity contribution in [1.82, 2.24) is 0 Å². The summed E-state index contributed by atoms with van der Waals surface area (Å²) in [5.41, 5.74) is 5.98. The zero-order valence-corrected chi connectivity index (χ0v) is 13.0. The van der Waals surface area contributed by atoms with Gasteiger partial charge in [0.2, 0.25) is 0 Å². The molecule has 0 rings (SSSR count). The molecule has 17 heavy (non-hydrogen) atoms. The maximum Gasteiger partial charge on any atom is 0.0885 e. The molecule has 3 N–H and O–H groups in total. The molecule has 0 aromatic carbocycles. The molecule has 1 unspecified atom stereocenters. The molecule has 0 aliphatic rings. The molecule has 0 radical (unpaired) electrons. The first-order valence-electron chi connectivity index (χ1n) is 6.27. The Bertz CT molecular complexity index is 204. The molecule has 0 heterocycles. The fraction of sp³-hybridized carbons (Fsp3) is 1.00. The summed E-state index contributed by atoms with van der Waals surface area (Å²) in [7, 11) is -1.55. The van der Waals surface area contributed by atoms with E-state index in [2.05, 4.69) is 33.9 Å². The Morgan fingerprint density at radius 2 is 1.76 bits per heavy atom. The van der Waals surface area contributed by atoms with Gasteiger partial charge in [-0.25, -0.2) is 0 Å². The average molecular weight is 263 g/mol. The minimum atomic E-state index is -1.55. The monoisotopic (exact) mass is 263 g/mol. The maximum atomic E-state index is 8.58. The molecule has 0 saturated heterocycles. The van der Waals surface area contributed by atoms with E-state index in [1.165, 1.54) is 0 Å². The summed E-state index contributed by atoms with van der Waals surface area (Å²) in [6, 6.07) is 0. The van der Waals surface area contributed by atoms with Gasteiger partial charge in [-0.15, -0.1) is 0 Å². The molecule has 0 spiro atoms. The molecule has 1 atom stereocenters. The van der Waals surface area contributed by atoms with Gasteiger partial charge in [0.05, 0.1) is 40.2 Å². The molecule has 0 saturated carbocycles. The van der Waals surface area contributed by atoms with Crippen molar-refractivity contribution in [3.8, 4) is 0 Å². The van der Waals surface area contributed by atoms with Gasteiger partial charge in [0.25, 0.3) is 0 Å². The minimum Gasteiger partial charge on any atom is -0.394 e. The highest BCUT2D eigenvalue weighted by Crippen LogP contribution is 2.38. The van der Waals surface area contributed by atoms with E-state index in [1.807, 2.05) is 0 Å². The van der Waals surface area contributed by atoms with Gasteiger partial charge in [0.15, 0.2) is 0 Å². The number of hydrogen-bond donors (Lipinski definition) is 2. The molecule has 0 aromatic heterocycles. The first kappa shape index (κ1) is 17.1. The fourth-order valence-electron chi connectivity index (χ4n) is 1.47. The van der Waals surface area contributed by atoms with Crippen molar-refractivity contribution in [3.05, 3.63) is 0 Å². The van der Waals surface area contributed by atoms with Crippen molar-refractivity contribution in [2.75, 3.05) is 33.0 Å². The van der Waals surface area contributed by atoms with Crippen molar-refractivity contribution < 1.29 is 14.6 Å². The van der Waals surface area contributed by atoms with Gasteiger partial charge in [0, 0.05) is 6.54 Å². The zero-order chi connectivity index (χ0) is 13.5. The average Bonchev–Trinajstić information content (AvgIpc) is 2.21. The van der Waals surface area contributed by atoms with E-state index in [0.717, 1.165) is 0 Å². The Kier molecular flexibility index (Phi) is 7.51. The first-order chi connectivity index (χ1) is 7.77. The third-order valence-electron chi connectivity index (χ3n) is 3.73. The third-order valence-corrected chi connectivity index (χ3v) is 9.61. The SMILES string of the molecule is CC(C)(C)[Si](C)(C)C(CN)OCCOCCO. The molecule has 0 aromatic rings. The third kappa shape index (κ3) is 5.48. The van der Waals surface area contributed by atoms with E-state index in [1.54, 1.807) is 0 Å². The molecule has 4 nitrogen and oxygen atoms in total. The minimum absolute atomic E-state index is 0.0581. The Balaban J connectivity index is 4.15. The summed E-state index contributed by atoms with van der Waals surface area (Å²) in [4.78, 5) is 0. The second-order valence-electron chi connectivity index (χ2n) is 5.90. The number of hydrogen-bond acceptors (Lipinski definition) is 4. The predicted octanol–water partition coefficient (Wildman–Crippen LogP) is 1.39. The van der Waals surface area contributed by atoms with Crippen LogP contribution in [-0.4, -0.2) is 51.9 Å².